The number of carboxylic acids is 1. The molecule has 0 aliphatic rings. The third-order valence-electron chi connectivity index (χ3n) is 8.66. The number of ether oxygens (including phenoxy) is 4. The first-order valence-corrected chi connectivity index (χ1v) is 26.5. The zero-order valence-corrected chi connectivity index (χ0v) is 45.7. The molecule has 5 aromatic rings. The van der Waals surface area contributed by atoms with E-state index in [0.717, 1.165) is 24.7 Å². The van der Waals surface area contributed by atoms with Gasteiger partial charge in [0, 0.05) is 57.8 Å². The molecule has 0 bridgehead atoms. The predicted octanol–water partition coefficient (Wildman–Crippen LogP) is 7.02. The number of nitrogens with two attached hydrogens (primary N) is 1. The van der Waals surface area contributed by atoms with Gasteiger partial charge in [-0.25, -0.2) is 14.5 Å². The molecule has 0 aliphatic heterocycles. The van der Waals surface area contributed by atoms with E-state index in [2.05, 4.69) is 45.9 Å². The van der Waals surface area contributed by atoms with Crippen LogP contribution in [0.25, 0.3) is 0 Å². The monoisotopic (exact) mass is 1170 g/mol. The summed E-state index contributed by atoms with van der Waals surface area (Å²) < 4.78 is 95.7. The summed E-state index contributed by atoms with van der Waals surface area (Å²) >= 11 is 11.5. The minimum absolute atomic E-state index is 0.0111. The molecule has 3 aromatic heterocycles. The first-order valence-electron chi connectivity index (χ1n) is 22.0. The van der Waals surface area contributed by atoms with E-state index in [1.165, 1.54) is 82.5 Å². The number of pyridine rings is 1. The number of hydrogen-bond acceptors (Lipinski definition) is 21. The Labute approximate surface area is 449 Å². The highest BCUT2D eigenvalue weighted by atomic mass is 35.5. The number of alkyl halides is 3. The third-order valence-corrected chi connectivity index (χ3v) is 11.5. The molecule has 27 nitrogen and oxygen atoms in total. The number of carbonyl (C=O) groups is 3. The van der Waals surface area contributed by atoms with Gasteiger partial charge in [-0.2, -0.15) is 46.5 Å². The molecule has 5 rings (SSSR count). The van der Waals surface area contributed by atoms with E-state index in [1.807, 2.05) is 20.8 Å². The van der Waals surface area contributed by atoms with Crippen molar-refractivity contribution in [3.8, 4) is 29.0 Å². The Morgan fingerprint density at radius 2 is 1.56 bits per heavy atom. The van der Waals surface area contributed by atoms with E-state index < -0.39 is 63.0 Å². The topological polar surface area (TPSA) is 378 Å². The minimum Gasteiger partial charge on any atom is -0.487 e. The molecule has 2 atom stereocenters. The highest BCUT2D eigenvalue weighted by Gasteiger charge is 2.31. The van der Waals surface area contributed by atoms with E-state index in [9.17, 15) is 50.7 Å². The Kier molecular flexibility index (Phi) is 25.9. The molecule has 422 valence electrons. The minimum atomic E-state index is -4.52. The van der Waals surface area contributed by atoms with Gasteiger partial charge in [-0.1, -0.05) is 11.6 Å². The van der Waals surface area contributed by atoms with Crippen LogP contribution in [0.15, 0.2) is 65.8 Å². The van der Waals surface area contributed by atoms with Crippen LogP contribution >= 0.6 is 30.6 Å². The molecule has 0 saturated carbocycles. The van der Waals surface area contributed by atoms with Crippen molar-refractivity contribution < 1.29 is 74.4 Å². The summed E-state index contributed by atoms with van der Waals surface area (Å²) in [7, 11) is -1.95. The van der Waals surface area contributed by atoms with Gasteiger partial charge >= 0.3 is 23.9 Å². The predicted molar refractivity (Wildman–Crippen MR) is 276 cm³/mol. The highest BCUT2D eigenvalue weighted by Crippen LogP contribution is 2.39. The number of carbonyl (C=O) groups excluding carboxylic acids is 2. The lowest BCUT2D eigenvalue weighted by atomic mass is 10.2. The molecule has 0 saturated heterocycles. The largest absolute Gasteiger partial charge is 0.487 e. The maximum atomic E-state index is 12.6. The molecular formula is C43H55Cl2F3N13O14PS. The molecule has 2 unspecified atom stereocenters. The first-order chi connectivity index (χ1) is 35.8. The summed E-state index contributed by atoms with van der Waals surface area (Å²) in [6.45, 7) is 9.76. The van der Waals surface area contributed by atoms with E-state index in [0.29, 0.717) is 11.9 Å². The SMILES string of the molecule is CCNc1nc(Cl)nc(NC(C)C)n1.CCOc1cc(Oc2ccc(C(F)(F)F)cc2Cl)ccc1[N+](=O)[O-].COc1cc(OC)nc(NC(=O)NS(=O)(=O)c2ncccc2C(=O)N(C)C)n1.CP(=O)(O)CCC(N)C(=O)O. The third kappa shape index (κ3) is 23.1. The molecule has 0 aliphatic carbocycles. The zero-order chi connectivity index (χ0) is 58.4. The number of aliphatic carboxylic acids is 1. The number of nitrogens with one attached hydrogen (secondary N) is 4. The molecule has 34 heteroatoms. The van der Waals surface area contributed by atoms with Gasteiger partial charge in [0.15, 0.2) is 12.4 Å². The molecule has 8 N–H and O–H groups in total. The Balaban J connectivity index is 0.000000374. The number of carboxylic acid groups (broad SMARTS) is 1. The molecule has 0 radical (unpaired) electrons. The number of anilines is 3. The number of urea groups is 1. The number of amides is 3. The van der Waals surface area contributed by atoms with Crippen LogP contribution in [-0.4, -0.2) is 142 Å². The Bertz CT molecular complexity index is 2960. The lowest BCUT2D eigenvalue weighted by molar-refractivity contribution is -0.385. The lowest BCUT2D eigenvalue weighted by Crippen LogP contribution is -2.36. The van der Waals surface area contributed by atoms with Crippen LogP contribution in [-0.2, 0) is 25.6 Å². The van der Waals surface area contributed by atoms with Gasteiger partial charge in [0.05, 0.1) is 48.0 Å². The first kappa shape index (κ1) is 65.7. The van der Waals surface area contributed by atoms with Gasteiger partial charge in [-0.15, -0.1) is 0 Å². The van der Waals surface area contributed by atoms with Crippen molar-refractivity contribution in [3.63, 3.8) is 0 Å². The van der Waals surface area contributed by atoms with Gasteiger partial charge in [0.1, 0.15) is 17.5 Å². The van der Waals surface area contributed by atoms with Crippen LogP contribution in [0.4, 0.5) is 41.5 Å². The normalized spacial score (nSPS) is 12.0. The number of hydrogen-bond donors (Lipinski definition) is 7. The standard InChI is InChI=1S/C15H11ClF3NO4.C15H18N6O6S.C8H14ClN5.C5H12NO4P/c1-2-23-14-8-10(4-5-12(14)20(21)22)24-13-6-3-9(7-11(13)16)15(17,18)19;1-21(2)13(22)9-6-5-7-16-12(9)28(24,25)20-15(23)19-14-17-10(26-3)8-11(18-14)27-4;1-4-10-7-12-6(9)13-8(14-7)11-5(2)3;1-11(9,10)3-2-4(6)5(7)8/h3-8H,2H2,1H3;5-8H,1-4H3,(H2,17,18,19,20,23);5H,4H2,1-3H3,(H2,10,11,12,13,14);4H,2-3,6H2,1H3,(H,7,8)(H,9,10). The van der Waals surface area contributed by atoms with Crippen molar-refractivity contribution in [1.29, 1.82) is 0 Å². The maximum Gasteiger partial charge on any atom is 0.416 e. The van der Waals surface area contributed by atoms with Crippen molar-refractivity contribution in [3.05, 3.63) is 92.3 Å². The summed E-state index contributed by atoms with van der Waals surface area (Å²) in [5.41, 5.74) is 3.75. The molecule has 77 heavy (non-hydrogen) atoms. The van der Waals surface area contributed by atoms with Crippen LogP contribution in [0.5, 0.6) is 29.0 Å². The van der Waals surface area contributed by atoms with Crippen LogP contribution < -0.4 is 45.4 Å². The van der Waals surface area contributed by atoms with Crippen molar-refractivity contribution in [1.82, 2.24) is 39.5 Å². The Morgan fingerprint density at radius 3 is 2.06 bits per heavy atom. The fraction of sp³-hybridized carbons (Fsp3) is 0.372. The van der Waals surface area contributed by atoms with Gasteiger partial charge in [-0.3, -0.25) is 29.6 Å². The fourth-order valence-corrected chi connectivity index (χ4v) is 7.43. The van der Waals surface area contributed by atoms with Crippen LogP contribution in [0, 0.1) is 10.1 Å². The van der Waals surface area contributed by atoms with Crippen LogP contribution in [0.2, 0.25) is 10.3 Å². The van der Waals surface area contributed by atoms with E-state index >= 15 is 0 Å². The summed E-state index contributed by atoms with van der Waals surface area (Å²) in [4.78, 5) is 78.1. The van der Waals surface area contributed by atoms with Crippen molar-refractivity contribution in [2.75, 3.05) is 70.2 Å². The number of benzene rings is 2. The molecule has 0 spiro atoms. The number of halogens is 5. The second kappa shape index (κ2) is 30.3. The van der Waals surface area contributed by atoms with Gasteiger partial charge in [0.2, 0.25) is 40.6 Å². The zero-order valence-electron chi connectivity index (χ0n) is 42.5. The average Bonchev–Trinajstić information content (AvgIpc) is 3.33. The smallest absolute Gasteiger partial charge is 0.416 e. The van der Waals surface area contributed by atoms with E-state index in [4.69, 9.17) is 57.9 Å². The molecule has 3 heterocycles. The number of sulfonamides is 1. The second-order valence-electron chi connectivity index (χ2n) is 15.5. The van der Waals surface area contributed by atoms with Gasteiger partial charge in [0.25, 0.3) is 15.9 Å². The van der Waals surface area contributed by atoms with Gasteiger partial charge in [-0.05, 0) is 82.1 Å². The molecular weight excluding hydrogens is 1110 g/mol. The summed E-state index contributed by atoms with van der Waals surface area (Å²) in [6.07, 6.45) is -3.33. The number of aromatic nitrogens is 6. The van der Waals surface area contributed by atoms with E-state index in [-0.39, 0.29) is 81.7 Å². The van der Waals surface area contributed by atoms with Crippen molar-refractivity contribution in [2.24, 2.45) is 5.73 Å². The Morgan fingerprint density at radius 1 is 0.935 bits per heavy atom. The second-order valence-corrected chi connectivity index (χ2v) is 20.4. The van der Waals surface area contributed by atoms with Crippen LogP contribution in [0.1, 0.15) is 50.0 Å². The fourth-order valence-electron chi connectivity index (χ4n) is 5.25. The molecule has 2 aromatic carbocycles. The quantitative estimate of drug-likeness (QED) is 0.0248. The molecule has 0 fully saturated rings. The number of nitro groups is 1. The average molecular weight is 1170 g/mol. The van der Waals surface area contributed by atoms with Crippen LogP contribution in [0.3, 0.4) is 0 Å². The number of nitrogens with zero attached hydrogens (tertiary/aromatic N) is 8. The van der Waals surface area contributed by atoms with E-state index in [1.54, 1.807) is 11.6 Å². The number of methoxy groups -OCH3 is 2. The lowest BCUT2D eigenvalue weighted by Gasteiger charge is -2.14. The summed E-state index contributed by atoms with van der Waals surface area (Å²) in [5.74, 6) is -0.689. The molecule has 3 amide bonds. The number of nitro benzene ring substituents is 1. The Hall–Kier alpha value is -7.44. The van der Waals surface area contributed by atoms with Crippen molar-refractivity contribution >= 4 is 82.0 Å². The van der Waals surface area contributed by atoms with Crippen molar-refractivity contribution in [2.45, 2.75) is 57.4 Å². The number of rotatable bonds is 19. The summed E-state index contributed by atoms with van der Waals surface area (Å²) in [5, 5.41) is 26.7. The highest BCUT2D eigenvalue weighted by molar-refractivity contribution is 7.90. The maximum absolute atomic E-state index is 12.6. The van der Waals surface area contributed by atoms with Gasteiger partial charge < -0.3 is 50.2 Å². The summed E-state index contributed by atoms with van der Waals surface area (Å²) in [6, 6.07) is 8.54.